The molecule has 3 heteroatoms. The molecule has 0 atom stereocenters. The molecular formula is C64H49N3. The molecule has 1 spiro atoms. The quantitative estimate of drug-likeness (QED) is 0.162. The predicted molar refractivity (Wildman–Crippen MR) is 278 cm³/mol. The second-order valence-electron chi connectivity index (χ2n) is 20.1. The Bertz CT molecular complexity index is 3690. The Morgan fingerprint density at radius 2 is 1.00 bits per heavy atom. The lowest BCUT2D eigenvalue weighted by molar-refractivity contribution is -0.0418. The van der Waals surface area contributed by atoms with E-state index >= 15 is 0 Å². The third-order valence-electron chi connectivity index (χ3n) is 16.9. The van der Waals surface area contributed by atoms with Crippen molar-refractivity contribution in [2.75, 3.05) is 4.90 Å². The van der Waals surface area contributed by atoms with Gasteiger partial charge in [-0.15, -0.1) is 0 Å². The lowest BCUT2D eigenvalue weighted by Gasteiger charge is -2.63. The molecule has 5 aliphatic rings. The van der Waals surface area contributed by atoms with E-state index in [1.807, 2.05) is 0 Å². The van der Waals surface area contributed by atoms with Gasteiger partial charge in [-0.1, -0.05) is 152 Å². The van der Waals surface area contributed by atoms with Crippen LogP contribution in [-0.2, 0) is 5.41 Å². The number of benzene rings is 9. The summed E-state index contributed by atoms with van der Waals surface area (Å²) in [6.45, 7) is 0. The third-order valence-corrected chi connectivity index (χ3v) is 16.9. The molecule has 0 N–H and O–H groups in total. The summed E-state index contributed by atoms with van der Waals surface area (Å²) in [5.74, 6) is 3.10. The maximum atomic E-state index is 2.66. The standard InChI is InChI=1S/C64H49N3/c1-2-15-44(16-3-1)50-19-4-9-24-56(50)65(48-31-29-43(30-32-48)45-17-14-18-49(40-45)66-57-25-10-5-20-51(57)52-21-6-11-26-58(52)66)61-34-33-55-63-62(61)53-22-7-12-27-59(53)67(63)60-28-13-8-23-54(60)64(55)46-36-41-35-42(38-46)39-47(64)37-41/h1-34,40-42,46-47H,35-39H2. The highest BCUT2D eigenvalue weighted by molar-refractivity contribution is 6.19. The van der Waals surface area contributed by atoms with Crippen LogP contribution >= 0.6 is 0 Å². The van der Waals surface area contributed by atoms with Crippen molar-refractivity contribution in [3.05, 3.63) is 223 Å². The Balaban J connectivity index is 0.950. The molecule has 4 bridgehead atoms. The van der Waals surface area contributed by atoms with Gasteiger partial charge in [0.2, 0.25) is 0 Å². The molecule has 4 saturated carbocycles. The molecule has 0 unspecified atom stereocenters. The van der Waals surface area contributed by atoms with E-state index in [0.717, 1.165) is 23.2 Å². The van der Waals surface area contributed by atoms with Crippen molar-refractivity contribution in [3.8, 4) is 33.6 Å². The Labute approximate surface area is 391 Å². The summed E-state index contributed by atoms with van der Waals surface area (Å²) >= 11 is 0. The van der Waals surface area contributed by atoms with Gasteiger partial charge in [0.25, 0.3) is 0 Å². The first-order chi connectivity index (χ1) is 33.2. The Morgan fingerprint density at radius 1 is 0.403 bits per heavy atom. The van der Waals surface area contributed by atoms with Gasteiger partial charge in [-0.3, -0.25) is 0 Å². The first-order valence-electron chi connectivity index (χ1n) is 24.5. The van der Waals surface area contributed by atoms with E-state index in [-0.39, 0.29) is 5.41 Å². The minimum atomic E-state index is 0.0212. The molecular weight excluding hydrogens is 811 g/mol. The van der Waals surface area contributed by atoms with Gasteiger partial charge in [-0.25, -0.2) is 0 Å². The summed E-state index contributed by atoms with van der Waals surface area (Å²) in [5.41, 5.74) is 19.2. The highest BCUT2D eigenvalue weighted by Gasteiger charge is 2.61. The number of nitrogens with zero attached hydrogens (tertiary/aromatic N) is 3. The molecule has 9 aromatic carbocycles. The molecule has 1 aliphatic heterocycles. The monoisotopic (exact) mass is 859 g/mol. The van der Waals surface area contributed by atoms with Gasteiger partial charge in [0.15, 0.2) is 0 Å². The number of para-hydroxylation sites is 5. The van der Waals surface area contributed by atoms with Crippen LogP contribution in [0.4, 0.5) is 17.1 Å². The number of rotatable bonds is 6. The third kappa shape index (κ3) is 5.23. The highest BCUT2D eigenvalue weighted by Crippen LogP contribution is 2.68. The number of anilines is 3. The molecule has 0 amide bonds. The van der Waals surface area contributed by atoms with E-state index in [9.17, 15) is 0 Å². The van der Waals surface area contributed by atoms with Crippen LogP contribution in [0.1, 0.15) is 43.2 Å². The van der Waals surface area contributed by atoms with Crippen LogP contribution in [0.25, 0.3) is 77.2 Å². The fourth-order valence-corrected chi connectivity index (χ4v) is 14.6. The molecule has 3 nitrogen and oxygen atoms in total. The lowest BCUT2D eigenvalue weighted by Crippen LogP contribution is -2.57. The lowest BCUT2D eigenvalue weighted by atomic mass is 9.41. The summed E-state index contributed by atoms with van der Waals surface area (Å²) in [5, 5.41) is 5.21. The minimum Gasteiger partial charge on any atom is -0.309 e. The van der Waals surface area contributed by atoms with Gasteiger partial charge in [0.1, 0.15) is 0 Å². The normalized spacial score (nSPS) is 21.2. The fraction of sp³-hybridized carbons (Fsp3) is 0.156. The fourth-order valence-electron chi connectivity index (χ4n) is 14.6. The van der Waals surface area contributed by atoms with Crippen LogP contribution in [0.15, 0.2) is 212 Å². The highest BCUT2D eigenvalue weighted by atomic mass is 15.2. The molecule has 0 radical (unpaired) electrons. The van der Waals surface area contributed by atoms with Crippen molar-refractivity contribution in [2.45, 2.75) is 37.5 Å². The number of hydrogen-bond donors (Lipinski definition) is 0. The number of hydrogen-bond acceptors (Lipinski definition) is 1. The second-order valence-corrected chi connectivity index (χ2v) is 20.1. The van der Waals surface area contributed by atoms with E-state index in [1.54, 1.807) is 11.1 Å². The van der Waals surface area contributed by atoms with Crippen molar-refractivity contribution in [3.63, 3.8) is 0 Å². The van der Waals surface area contributed by atoms with Gasteiger partial charge in [-0.2, -0.15) is 0 Å². The zero-order chi connectivity index (χ0) is 43.8. The topological polar surface area (TPSA) is 13.1 Å². The number of aromatic nitrogens is 2. The average Bonchev–Trinajstić information content (AvgIpc) is 3.92. The summed E-state index contributed by atoms with van der Waals surface area (Å²) < 4.78 is 5.07. The summed E-state index contributed by atoms with van der Waals surface area (Å²) in [6, 6.07) is 79.8. The SMILES string of the molecule is c1ccc(-c2ccccc2N(c2ccc(-c3cccc(-n4c5ccccc5c5ccccc54)c3)cc2)c2ccc3c4c2c2ccccc2n4-c2ccccc2C32C3CC4CC(C3)CC2C4)cc1. The Kier molecular flexibility index (Phi) is 7.96. The van der Waals surface area contributed by atoms with Crippen molar-refractivity contribution >= 4 is 60.7 Å². The smallest absolute Gasteiger partial charge is 0.0603 e. The van der Waals surface area contributed by atoms with Crippen molar-refractivity contribution in [2.24, 2.45) is 23.7 Å². The zero-order valence-electron chi connectivity index (χ0n) is 37.4. The predicted octanol–water partition coefficient (Wildman–Crippen LogP) is 16.7. The molecule has 3 heterocycles. The molecule has 0 saturated heterocycles. The van der Waals surface area contributed by atoms with E-state index < -0.39 is 0 Å². The van der Waals surface area contributed by atoms with E-state index in [4.69, 9.17) is 0 Å². The molecule has 320 valence electrons. The average molecular weight is 860 g/mol. The van der Waals surface area contributed by atoms with Crippen LogP contribution in [0.5, 0.6) is 0 Å². The van der Waals surface area contributed by atoms with Gasteiger partial charge in [0.05, 0.1) is 39.1 Å². The largest absolute Gasteiger partial charge is 0.309 e. The Hall–Kier alpha value is -7.62. The maximum Gasteiger partial charge on any atom is 0.0603 e. The number of fused-ring (bicyclic) bond motifs is 8. The van der Waals surface area contributed by atoms with Crippen molar-refractivity contribution < 1.29 is 0 Å². The van der Waals surface area contributed by atoms with Gasteiger partial charge in [-0.05, 0) is 144 Å². The van der Waals surface area contributed by atoms with Crippen LogP contribution in [0, 0.1) is 23.7 Å². The molecule has 16 rings (SSSR count). The molecule has 67 heavy (non-hydrogen) atoms. The van der Waals surface area contributed by atoms with Gasteiger partial charge < -0.3 is 14.0 Å². The van der Waals surface area contributed by atoms with Crippen molar-refractivity contribution in [1.29, 1.82) is 0 Å². The molecule has 4 aliphatic carbocycles. The Morgan fingerprint density at radius 3 is 1.73 bits per heavy atom. The van der Waals surface area contributed by atoms with Crippen LogP contribution in [0.2, 0.25) is 0 Å². The first-order valence-corrected chi connectivity index (χ1v) is 24.5. The van der Waals surface area contributed by atoms with E-state index in [1.165, 1.54) is 115 Å². The summed E-state index contributed by atoms with van der Waals surface area (Å²) in [4.78, 5) is 2.57. The zero-order valence-corrected chi connectivity index (χ0v) is 37.4. The maximum absolute atomic E-state index is 2.66. The minimum absolute atomic E-state index is 0.0212. The van der Waals surface area contributed by atoms with E-state index in [2.05, 4.69) is 226 Å². The summed E-state index contributed by atoms with van der Waals surface area (Å²) in [6.07, 6.45) is 6.87. The van der Waals surface area contributed by atoms with Gasteiger partial charge in [0, 0.05) is 43.9 Å². The first kappa shape index (κ1) is 37.6. The van der Waals surface area contributed by atoms with Gasteiger partial charge >= 0.3 is 0 Å². The summed E-state index contributed by atoms with van der Waals surface area (Å²) in [7, 11) is 0. The van der Waals surface area contributed by atoms with Crippen LogP contribution in [0.3, 0.4) is 0 Å². The van der Waals surface area contributed by atoms with E-state index in [0.29, 0.717) is 11.8 Å². The second kappa shape index (κ2) is 14.2. The molecule has 11 aromatic rings. The van der Waals surface area contributed by atoms with Crippen LogP contribution < -0.4 is 4.90 Å². The molecule has 2 aromatic heterocycles. The molecule has 4 fully saturated rings. The van der Waals surface area contributed by atoms with Crippen LogP contribution in [-0.4, -0.2) is 9.13 Å². The van der Waals surface area contributed by atoms with Crippen molar-refractivity contribution in [1.82, 2.24) is 9.13 Å².